The van der Waals surface area contributed by atoms with E-state index >= 15 is 0 Å². The molecule has 3 aromatic carbocycles. The Morgan fingerprint density at radius 2 is 1.61 bits per heavy atom. The summed E-state index contributed by atoms with van der Waals surface area (Å²) in [5.74, 6) is 0.331. The summed E-state index contributed by atoms with van der Waals surface area (Å²) in [6.45, 7) is 3.59. The molecule has 0 aliphatic rings. The Morgan fingerprint density at radius 3 is 2.33 bits per heavy atom. The lowest BCUT2D eigenvalue weighted by atomic mass is 10.1. The van der Waals surface area contributed by atoms with Gasteiger partial charge in [0, 0.05) is 5.69 Å². The molecule has 0 aromatic heterocycles. The van der Waals surface area contributed by atoms with Crippen molar-refractivity contribution in [3.63, 3.8) is 0 Å². The number of aryl methyl sites for hydroxylation is 1. The van der Waals surface area contributed by atoms with Crippen molar-refractivity contribution in [3.8, 4) is 23.3 Å². The van der Waals surface area contributed by atoms with Crippen molar-refractivity contribution in [2.24, 2.45) is 0 Å². The van der Waals surface area contributed by atoms with Gasteiger partial charge in [-0.05, 0) is 66.9 Å². The molecule has 0 bridgehead atoms. The summed E-state index contributed by atoms with van der Waals surface area (Å²) in [6, 6.07) is 19.5. The number of methoxy groups -OCH3 is 2. The number of benzene rings is 3. The van der Waals surface area contributed by atoms with Crippen LogP contribution in [0.2, 0.25) is 0 Å². The average molecular weight is 486 g/mol. The van der Waals surface area contributed by atoms with Crippen LogP contribution in [0.25, 0.3) is 6.08 Å². The number of carbonyl (C=O) groups is 2. The Hall–Kier alpha value is -4.77. The molecule has 0 aliphatic carbocycles. The van der Waals surface area contributed by atoms with Gasteiger partial charge < -0.3 is 24.8 Å². The minimum absolute atomic E-state index is 0.0668. The van der Waals surface area contributed by atoms with Crippen LogP contribution in [-0.2, 0) is 9.59 Å². The number of para-hydroxylation sites is 2. The SMILES string of the molecule is COc1ccccc1NC(=O)COc1ccc(/C=C(/C#N)C(=O)Nc2cccc(C)c2C)cc1OC. The molecule has 3 rings (SSSR count). The summed E-state index contributed by atoms with van der Waals surface area (Å²) in [7, 11) is 2.98. The Bertz CT molecular complexity index is 1340. The van der Waals surface area contributed by atoms with Gasteiger partial charge in [-0.3, -0.25) is 9.59 Å². The second-order valence-corrected chi connectivity index (χ2v) is 7.82. The maximum Gasteiger partial charge on any atom is 0.266 e. The van der Waals surface area contributed by atoms with E-state index in [0.29, 0.717) is 34.2 Å². The molecule has 0 atom stereocenters. The van der Waals surface area contributed by atoms with Gasteiger partial charge in [0.05, 0.1) is 19.9 Å². The lowest BCUT2D eigenvalue weighted by Gasteiger charge is -2.13. The molecule has 8 heteroatoms. The van der Waals surface area contributed by atoms with Gasteiger partial charge in [0.15, 0.2) is 18.1 Å². The standard InChI is InChI=1S/C28H27N3O5/c1-18-8-7-10-22(19(18)2)31-28(33)21(16-29)14-20-12-13-25(26(15-20)35-4)36-17-27(32)30-23-9-5-6-11-24(23)34-3/h5-15H,17H2,1-4H3,(H,30,32)(H,31,33)/b21-14-. The normalized spacial score (nSPS) is 10.7. The number of hydrogen-bond acceptors (Lipinski definition) is 6. The minimum atomic E-state index is -0.515. The molecule has 184 valence electrons. The zero-order chi connectivity index (χ0) is 26.1. The highest BCUT2D eigenvalue weighted by atomic mass is 16.5. The first-order valence-corrected chi connectivity index (χ1v) is 11.1. The fourth-order valence-electron chi connectivity index (χ4n) is 3.36. The van der Waals surface area contributed by atoms with E-state index in [-0.39, 0.29) is 18.1 Å². The van der Waals surface area contributed by atoms with Crippen LogP contribution in [0.3, 0.4) is 0 Å². The largest absolute Gasteiger partial charge is 0.495 e. The molecule has 2 amide bonds. The van der Waals surface area contributed by atoms with Gasteiger partial charge in [0.2, 0.25) is 0 Å². The smallest absolute Gasteiger partial charge is 0.266 e. The Labute approximate surface area is 210 Å². The van der Waals surface area contributed by atoms with E-state index in [1.54, 1.807) is 48.5 Å². The molecule has 0 radical (unpaired) electrons. The number of rotatable bonds is 9. The summed E-state index contributed by atoms with van der Waals surface area (Å²) in [5, 5.41) is 15.1. The van der Waals surface area contributed by atoms with Crippen molar-refractivity contribution >= 4 is 29.3 Å². The highest BCUT2D eigenvalue weighted by molar-refractivity contribution is 6.10. The van der Waals surface area contributed by atoms with Gasteiger partial charge in [-0.2, -0.15) is 5.26 Å². The van der Waals surface area contributed by atoms with Crippen LogP contribution in [0, 0.1) is 25.2 Å². The Kier molecular flexibility index (Phi) is 8.68. The molecule has 2 N–H and O–H groups in total. The summed E-state index contributed by atoms with van der Waals surface area (Å²) in [5.41, 5.74) is 3.64. The van der Waals surface area contributed by atoms with Gasteiger partial charge in [0.25, 0.3) is 11.8 Å². The zero-order valence-electron chi connectivity index (χ0n) is 20.5. The topological polar surface area (TPSA) is 110 Å². The number of carbonyl (C=O) groups excluding carboxylic acids is 2. The first-order valence-electron chi connectivity index (χ1n) is 11.1. The van der Waals surface area contributed by atoms with Gasteiger partial charge in [-0.1, -0.05) is 30.3 Å². The molecule has 0 unspecified atom stereocenters. The molecule has 0 saturated carbocycles. The van der Waals surface area contributed by atoms with Crippen molar-refractivity contribution in [2.45, 2.75) is 13.8 Å². The molecule has 0 heterocycles. The van der Waals surface area contributed by atoms with Crippen molar-refractivity contribution in [1.29, 1.82) is 5.26 Å². The second kappa shape index (κ2) is 12.1. The summed E-state index contributed by atoms with van der Waals surface area (Å²) in [6.07, 6.45) is 1.46. The van der Waals surface area contributed by atoms with Gasteiger partial charge in [0.1, 0.15) is 17.4 Å². The lowest BCUT2D eigenvalue weighted by Crippen LogP contribution is -2.20. The van der Waals surface area contributed by atoms with Gasteiger partial charge >= 0.3 is 0 Å². The maximum absolute atomic E-state index is 12.7. The predicted molar refractivity (Wildman–Crippen MR) is 138 cm³/mol. The van der Waals surface area contributed by atoms with Crippen molar-refractivity contribution in [3.05, 3.63) is 82.9 Å². The summed E-state index contributed by atoms with van der Waals surface area (Å²) in [4.78, 5) is 25.0. The predicted octanol–water partition coefficient (Wildman–Crippen LogP) is 4.88. The maximum atomic E-state index is 12.7. The first-order chi connectivity index (χ1) is 17.4. The molecule has 8 nitrogen and oxygen atoms in total. The number of nitrogens with one attached hydrogen (secondary N) is 2. The fourth-order valence-corrected chi connectivity index (χ4v) is 3.36. The van der Waals surface area contributed by atoms with Gasteiger partial charge in [-0.15, -0.1) is 0 Å². The van der Waals surface area contributed by atoms with Crippen LogP contribution >= 0.6 is 0 Å². The second-order valence-electron chi connectivity index (χ2n) is 7.82. The number of nitriles is 1. The van der Waals surface area contributed by atoms with Crippen molar-refractivity contribution < 1.29 is 23.8 Å². The number of amides is 2. The van der Waals surface area contributed by atoms with E-state index in [4.69, 9.17) is 14.2 Å². The van der Waals surface area contributed by atoms with E-state index in [1.165, 1.54) is 20.3 Å². The molecular weight excluding hydrogens is 458 g/mol. The molecule has 36 heavy (non-hydrogen) atoms. The van der Waals surface area contributed by atoms with Crippen LogP contribution in [0.15, 0.2) is 66.2 Å². The molecule has 0 saturated heterocycles. The van der Waals surface area contributed by atoms with E-state index in [1.807, 2.05) is 32.0 Å². The minimum Gasteiger partial charge on any atom is -0.495 e. The third kappa shape index (κ3) is 6.42. The number of ether oxygens (including phenoxy) is 3. The van der Waals surface area contributed by atoms with Gasteiger partial charge in [-0.25, -0.2) is 0 Å². The summed E-state index contributed by atoms with van der Waals surface area (Å²) >= 11 is 0. The average Bonchev–Trinajstić information content (AvgIpc) is 2.89. The van der Waals surface area contributed by atoms with Crippen molar-refractivity contribution in [2.75, 3.05) is 31.5 Å². The third-order valence-corrected chi connectivity index (χ3v) is 5.46. The van der Waals surface area contributed by atoms with Crippen LogP contribution in [0.4, 0.5) is 11.4 Å². The number of hydrogen-bond donors (Lipinski definition) is 2. The summed E-state index contributed by atoms with van der Waals surface area (Å²) < 4.78 is 16.2. The molecule has 0 spiro atoms. The Morgan fingerprint density at radius 1 is 0.889 bits per heavy atom. The van der Waals surface area contributed by atoms with E-state index in [0.717, 1.165) is 11.1 Å². The van der Waals surface area contributed by atoms with Crippen LogP contribution < -0.4 is 24.8 Å². The van der Waals surface area contributed by atoms with Crippen LogP contribution in [0.5, 0.6) is 17.2 Å². The van der Waals surface area contributed by atoms with E-state index < -0.39 is 5.91 Å². The molecule has 0 fully saturated rings. The first kappa shape index (κ1) is 25.8. The quantitative estimate of drug-likeness (QED) is 0.330. The number of nitrogens with zero attached hydrogens (tertiary/aromatic N) is 1. The van der Waals surface area contributed by atoms with E-state index in [2.05, 4.69) is 10.6 Å². The van der Waals surface area contributed by atoms with Crippen molar-refractivity contribution in [1.82, 2.24) is 0 Å². The lowest BCUT2D eigenvalue weighted by molar-refractivity contribution is -0.118. The molecular formula is C28H27N3O5. The highest BCUT2D eigenvalue weighted by Gasteiger charge is 2.14. The molecule has 0 aliphatic heterocycles. The van der Waals surface area contributed by atoms with Crippen LogP contribution in [-0.4, -0.2) is 32.6 Å². The zero-order valence-corrected chi connectivity index (χ0v) is 20.5. The third-order valence-electron chi connectivity index (χ3n) is 5.46. The van der Waals surface area contributed by atoms with E-state index in [9.17, 15) is 14.9 Å². The molecule has 3 aromatic rings. The number of anilines is 2. The fraction of sp³-hybridized carbons (Fsp3) is 0.179. The highest BCUT2D eigenvalue weighted by Crippen LogP contribution is 2.29. The van der Waals surface area contributed by atoms with Crippen LogP contribution in [0.1, 0.15) is 16.7 Å². The Balaban J connectivity index is 1.70. The monoisotopic (exact) mass is 485 g/mol.